The van der Waals surface area contributed by atoms with Gasteiger partial charge in [0.1, 0.15) is 11.7 Å². The summed E-state index contributed by atoms with van der Waals surface area (Å²) < 4.78 is 12.1. The zero-order chi connectivity index (χ0) is 27.8. The third-order valence-corrected chi connectivity index (χ3v) is 11.7. The second-order valence-corrected chi connectivity index (χ2v) is 14.1. The van der Waals surface area contributed by atoms with E-state index in [2.05, 4.69) is 25.7 Å². The molecule has 216 valence electrons. The monoisotopic (exact) mass is 577 g/mol. The molecule has 0 spiro atoms. The van der Waals surface area contributed by atoms with E-state index >= 15 is 0 Å². The lowest BCUT2D eigenvalue weighted by Crippen LogP contribution is -2.61. The van der Waals surface area contributed by atoms with Crippen molar-refractivity contribution in [2.24, 2.45) is 28.6 Å². The molecular formula is C32H45Cl2NO4. The molecular weight excluding hydrogens is 533 g/mol. The zero-order valence-corrected chi connectivity index (χ0v) is 25.4. The lowest BCUT2D eigenvalue weighted by atomic mass is 9.41. The van der Waals surface area contributed by atoms with E-state index < -0.39 is 0 Å². The van der Waals surface area contributed by atoms with Crippen LogP contribution in [0.25, 0.3) is 0 Å². The number of alkyl halides is 2. The highest BCUT2D eigenvalue weighted by atomic mass is 35.5. The smallest absolute Gasteiger partial charge is 0.310 e. The molecule has 7 heteroatoms. The predicted octanol–water partition coefficient (Wildman–Crippen LogP) is 7.15. The number of nitrogens with zero attached hydrogens (tertiary/aromatic N) is 1. The summed E-state index contributed by atoms with van der Waals surface area (Å²) in [5, 5.41) is 0. The fraction of sp³-hybridized carbons (Fsp3) is 0.750. The second-order valence-electron chi connectivity index (χ2n) is 13.3. The number of halogens is 2. The average molecular weight is 579 g/mol. The van der Waals surface area contributed by atoms with Crippen LogP contribution in [-0.4, -0.2) is 48.5 Å². The maximum absolute atomic E-state index is 13.0. The molecule has 1 heterocycles. The summed E-state index contributed by atoms with van der Waals surface area (Å²) >= 11 is 11.9. The first kappa shape index (κ1) is 29.0. The van der Waals surface area contributed by atoms with Crippen LogP contribution < -0.4 is 4.90 Å². The van der Waals surface area contributed by atoms with Crippen molar-refractivity contribution >= 4 is 40.8 Å². The van der Waals surface area contributed by atoms with Crippen LogP contribution in [0.2, 0.25) is 0 Å². The Labute approximate surface area is 244 Å². The van der Waals surface area contributed by atoms with Gasteiger partial charge in [-0.25, -0.2) is 0 Å². The van der Waals surface area contributed by atoms with Crippen molar-refractivity contribution in [2.45, 2.75) is 96.7 Å². The highest BCUT2D eigenvalue weighted by Crippen LogP contribution is 2.68. The van der Waals surface area contributed by atoms with Crippen LogP contribution in [0.1, 0.15) is 84.1 Å². The Morgan fingerprint density at radius 3 is 2.38 bits per heavy atom. The lowest BCUT2D eigenvalue weighted by molar-refractivity contribution is -0.218. The molecule has 3 aliphatic carbocycles. The van der Waals surface area contributed by atoms with Crippen LogP contribution in [0, 0.1) is 28.6 Å². The standard InChI is InChI=1S/C32H45Cl2NO4/c1-30-13-11-25-26(12-15-32(3)27(25)8-9-28(36)39-32)31(30,2)14-10-24(21-30)38-29(37)20-22-4-6-23(7-5-22)35(18-16-33)19-17-34/h4-7,24-27H,8-21H2,1-3H3. The Morgan fingerprint density at radius 1 is 0.974 bits per heavy atom. The summed E-state index contributed by atoms with van der Waals surface area (Å²) in [6, 6.07) is 8.09. The highest BCUT2D eigenvalue weighted by Gasteiger charge is 2.62. The quantitative estimate of drug-likeness (QED) is 0.242. The van der Waals surface area contributed by atoms with Gasteiger partial charge in [-0.2, -0.15) is 0 Å². The van der Waals surface area contributed by atoms with Crippen molar-refractivity contribution in [1.82, 2.24) is 0 Å². The van der Waals surface area contributed by atoms with Gasteiger partial charge in [0.2, 0.25) is 0 Å². The largest absolute Gasteiger partial charge is 0.462 e. The molecule has 7 unspecified atom stereocenters. The van der Waals surface area contributed by atoms with Gasteiger partial charge in [-0.1, -0.05) is 26.0 Å². The van der Waals surface area contributed by atoms with Crippen molar-refractivity contribution in [3.8, 4) is 0 Å². The van der Waals surface area contributed by atoms with Crippen molar-refractivity contribution in [2.75, 3.05) is 29.7 Å². The van der Waals surface area contributed by atoms with E-state index in [4.69, 9.17) is 32.7 Å². The number of anilines is 1. The van der Waals surface area contributed by atoms with Crippen LogP contribution in [0.15, 0.2) is 24.3 Å². The van der Waals surface area contributed by atoms with Gasteiger partial charge in [0, 0.05) is 42.9 Å². The summed E-state index contributed by atoms with van der Waals surface area (Å²) in [5.74, 6) is 2.69. The Hall–Kier alpha value is -1.46. The molecule has 3 saturated carbocycles. The number of ether oxygens (including phenoxy) is 2. The van der Waals surface area contributed by atoms with Crippen LogP contribution >= 0.6 is 23.2 Å². The summed E-state index contributed by atoms with van der Waals surface area (Å²) in [6.45, 7) is 8.62. The third-order valence-electron chi connectivity index (χ3n) is 11.3. The van der Waals surface area contributed by atoms with Gasteiger partial charge >= 0.3 is 11.9 Å². The fourth-order valence-corrected chi connectivity index (χ4v) is 9.41. The van der Waals surface area contributed by atoms with Gasteiger partial charge in [0.15, 0.2) is 0 Å². The van der Waals surface area contributed by atoms with Crippen molar-refractivity contribution in [3.05, 3.63) is 29.8 Å². The van der Waals surface area contributed by atoms with Gasteiger partial charge in [-0.05, 0) is 98.7 Å². The normalized spacial score (nSPS) is 37.6. The Balaban J connectivity index is 1.19. The SMILES string of the molecule is CC12CCC3C(CCC4(C)CC(OC(=O)Cc5ccc(N(CCCl)CCCl)cc5)CCC34C)C1CCC(=O)O2. The molecule has 0 aromatic heterocycles. The minimum Gasteiger partial charge on any atom is -0.462 e. The summed E-state index contributed by atoms with van der Waals surface area (Å²) in [5.41, 5.74) is 2.14. The number of hydrogen-bond donors (Lipinski definition) is 0. The molecule has 0 radical (unpaired) electrons. The third kappa shape index (κ3) is 5.56. The van der Waals surface area contributed by atoms with Crippen molar-refractivity contribution < 1.29 is 19.1 Å². The van der Waals surface area contributed by atoms with E-state index in [9.17, 15) is 9.59 Å². The van der Waals surface area contributed by atoms with Crippen LogP contribution in [0.5, 0.6) is 0 Å². The zero-order valence-electron chi connectivity index (χ0n) is 23.9. The fourth-order valence-electron chi connectivity index (χ4n) is 9.00. The number of esters is 2. The molecule has 1 aliphatic heterocycles. The van der Waals surface area contributed by atoms with Gasteiger partial charge in [0.25, 0.3) is 0 Å². The first-order valence-corrected chi connectivity index (χ1v) is 16.0. The maximum atomic E-state index is 13.0. The number of fused-ring (bicyclic) bond motifs is 5. The van der Waals surface area contributed by atoms with E-state index in [-0.39, 0.29) is 34.5 Å². The van der Waals surface area contributed by atoms with E-state index in [0.29, 0.717) is 42.4 Å². The van der Waals surface area contributed by atoms with E-state index in [1.807, 2.05) is 24.3 Å². The van der Waals surface area contributed by atoms with Crippen molar-refractivity contribution in [1.29, 1.82) is 0 Å². The predicted molar refractivity (Wildman–Crippen MR) is 156 cm³/mol. The molecule has 7 atom stereocenters. The number of carbonyl (C=O) groups excluding carboxylic acids is 2. The number of rotatable bonds is 8. The Kier molecular flexibility index (Phi) is 8.51. The molecule has 4 aliphatic rings. The van der Waals surface area contributed by atoms with Crippen LogP contribution in [0.3, 0.4) is 0 Å². The van der Waals surface area contributed by atoms with E-state index in [1.165, 1.54) is 6.42 Å². The lowest BCUT2D eigenvalue weighted by Gasteiger charge is -2.65. The molecule has 0 amide bonds. The topological polar surface area (TPSA) is 55.8 Å². The summed E-state index contributed by atoms with van der Waals surface area (Å²) in [4.78, 5) is 27.2. The number of carbonyl (C=O) groups is 2. The minimum absolute atomic E-state index is 0.0150. The molecule has 0 bridgehead atoms. The number of benzene rings is 1. The van der Waals surface area contributed by atoms with E-state index in [1.54, 1.807) is 0 Å². The van der Waals surface area contributed by atoms with Gasteiger partial charge in [-0.3, -0.25) is 9.59 Å². The first-order chi connectivity index (χ1) is 18.6. The summed E-state index contributed by atoms with van der Waals surface area (Å²) in [6.07, 6.45) is 9.24. The van der Waals surface area contributed by atoms with Crippen LogP contribution in [0.4, 0.5) is 5.69 Å². The molecule has 5 nitrogen and oxygen atoms in total. The molecule has 1 aromatic rings. The summed E-state index contributed by atoms with van der Waals surface area (Å²) in [7, 11) is 0. The molecule has 4 fully saturated rings. The van der Waals surface area contributed by atoms with Gasteiger partial charge in [-0.15, -0.1) is 23.2 Å². The Morgan fingerprint density at radius 2 is 1.69 bits per heavy atom. The highest BCUT2D eigenvalue weighted by molar-refractivity contribution is 6.18. The Bertz CT molecular complexity index is 1040. The van der Waals surface area contributed by atoms with Crippen LogP contribution in [-0.2, 0) is 25.5 Å². The molecule has 0 N–H and O–H groups in total. The second kappa shape index (κ2) is 11.4. The van der Waals surface area contributed by atoms with E-state index in [0.717, 1.165) is 69.3 Å². The van der Waals surface area contributed by atoms with Crippen molar-refractivity contribution in [3.63, 3.8) is 0 Å². The number of hydrogen-bond acceptors (Lipinski definition) is 5. The minimum atomic E-state index is -0.280. The molecule has 39 heavy (non-hydrogen) atoms. The van der Waals surface area contributed by atoms with Gasteiger partial charge in [0.05, 0.1) is 6.42 Å². The molecule has 1 saturated heterocycles. The average Bonchev–Trinajstić information content (AvgIpc) is 2.89. The van der Waals surface area contributed by atoms with Gasteiger partial charge < -0.3 is 14.4 Å². The maximum Gasteiger partial charge on any atom is 0.310 e. The first-order valence-electron chi connectivity index (χ1n) is 15.0. The molecule has 1 aromatic carbocycles. The molecule has 5 rings (SSSR count).